The minimum Gasteiger partial charge on any atom is -0.493 e. The van der Waals surface area contributed by atoms with Gasteiger partial charge < -0.3 is 14.8 Å². The summed E-state index contributed by atoms with van der Waals surface area (Å²) in [5.74, 6) is 1.11. The second-order valence-corrected chi connectivity index (χ2v) is 8.11. The van der Waals surface area contributed by atoms with E-state index in [0.29, 0.717) is 12.4 Å². The third-order valence-corrected chi connectivity index (χ3v) is 5.91. The lowest BCUT2D eigenvalue weighted by molar-refractivity contribution is -0.117. The van der Waals surface area contributed by atoms with E-state index in [9.17, 15) is 4.79 Å². The molecule has 4 rings (SSSR count). The molecule has 4 heteroatoms. The molecular formula is C29H29NO3. The zero-order valence-corrected chi connectivity index (χ0v) is 19.3. The molecule has 0 aliphatic heterocycles. The lowest BCUT2D eigenvalue weighted by Crippen LogP contribution is -2.19. The molecule has 0 aliphatic carbocycles. The molecular weight excluding hydrogens is 410 g/mol. The van der Waals surface area contributed by atoms with Gasteiger partial charge in [0.25, 0.3) is 0 Å². The Hall–Kier alpha value is -3.79. The van der Waals surface area contributed by atoms with E-state index in [1.54, 1.807) is 7.11 Å². The van der Waals surface area contributed by atoms with E-state index >= 15 is 0 Å². The van der Waals surface area contributed by atoms with Gasteiger partial charge in [0.2, 0.25) is 5.91 Å². The maximum Gasteiger partial charge on any atom is 0.231 e. The van der Waals surface area contributed by atoms with Crippen LogP contribution in [0.25, 0.3) is 10.8 Å². The maximum atomic E-state index is 13.0. The zero-order valence-electron chi connectivity index (χ0n) is 19.3. The van der Waals surface area contributed by atoms with Gasteiger partial charge in [-0.25, -0.2) is 0 Å². The number of rotatable bonds is 8. The fourth-order valence-corrected chi connectivity index (χ4v) is 3.97. The second-order valence-electron chi connectivity index (χ2n) is 8.11. The molecule has 168 valence electrons. The highest BCUT2D eigenvalue weighted by molar-refractivity contribution is 5.99. The van der Waals surface area contributed by atoms with Crippen molar-refractivity contribution in [2.45, 2.75) is 32.8 Å². The van der Waals surface area contributed by atoms with Gasteiger partial charge in [-0.2, -0.15) is 0 Å². The first kappa shape index (κ1) is 22.4. The molecule has 1 atom stereocenters. The number of benzene rings is 4. The van der Waals surface area contributed by atoms with E-state index < -0.39 is 0 Å². The van der Waals surface area contributed by atoms with Crippen molar-refractivity contribution in [2.75, 3.05) is 12.4 Å². The number of carbonyl (C=O) groups excluding carboxylic acids is 1. The summed E-state index contributed by atoms with van der Waals surface area (Å²) in [6.45, 7) is 4.43. The van der Waals surface area contributed by atoms with Crippen molar-refractivity contribution in [3.63, 3.8) is 0 Å². The van der Waals surface area contributed by atoms with Gasteiger partial charge in [-0.3, -0.25) is 4.79 Å². The highest BCUT2D eigenvalue weighted by atomic mass is 16.5. The maximum absolute atomic E-state index is 13.0. The highest BCUT2D eigenvalue weighted by Crippen LogP contribution is 2.30. The van der Waals surface area contributed by atoms with Gasteiger partial charge in [0.1, 0.15) is 6.61 Å². The van der Waals surface area contributed by atoms with Crippen molar-refractivity contribution >= 4 is 22.4 Å². The topological polar surface area (TPSA) is 47.6 Å². The Kier molecular flexibility index (Phi) is 6.94. The molecule has 4 nitrogen and oxygen atoms in total. The van der Waals surface area contributed by atoms with Crippen LogP contribution in [0.15, 0.2) is 84.9 Å². The number of ether oxygens (including phenoxy) is 2. The Labute approximate surface area is 195 Å². The molecule has 4 aromatic carbocycles. The molecule has 0 fully saturated rings. The average Bonchev–Trinajstić information content (AvgIpc) is 2.86. The largest absolute Gasteiger partial charge is 0.493 e. The van der Waals surface area contributed by atoms with Gasteiger partial charge >= 0.3 is 0 Å². The predicted molar refractivity (Wildman–Crippen MR) is 134 cm³/mol. The van der Waals surface area contributed by atoms with Gasteiger partial charge in [0, 0.05) is 5.69 Å². The standard InChI is InChI=1S/C29H29NO3/c1-4-21-15-16-27(28(18-21)32-3)33-19-22-9-7-12-24(17-22)30-29(31)20(2)25-14-8-11-23-10-5-6-13-26(23)25/h5-18,20H,4,19H2,1-3H3,(H,30,31). The summed E-state index contributed by atoms with van der Waals surface area (Å²) in [6, 6.07) is 28.0. The minimum absolute atomic E-state index is 0.0405. The number of anilines is 1. The monoisotopic (exact) mass is 439 g/mol. The van der Waals surface area contributed by atoms with Crippen molar-refractivity contribution < 1.29 is 14.3 Å². The Balaban J connectivity index is 1.45. The Morgan fingerprint density at radius 2 is 1.67 bits per heavy atom. The fourth-order valence-electron chi connectivity index (χ4n) is 3.97. The van der Waals surface area contributed by atoms with Crippen LogP contribution in [0.5, 0.6) is 11.5 Å². The van der Waals surface area contributed by atoms with Crippen molar-refractivity contribution in [3.8, 4) is 11.5 Å². The van der Waals surface area contributed by atoms with Gasteiger partial charge in [-0.1, -0.05) is 67.6 Å². The number of nitrogens with one attached hydrogen (secondary N) is 1. The molecule has 1 amide bonds. The average molecular weight is 440 g/mol. The van der Waals surface area contributed by atoms with Crippen LogP contribution in [-0.2, 0) is 17.8 Å². The Morgan fingerprint density at radius 1 is 0.879 bits per heavy atom. The molecule has 1 unspecified atom stereocenters. The quantitative estimate of drug-likeness (QED) is 0.331. The van der Waals surface area contributed by atoms with Crippen molar-refractivity contribution in [1.29, 1.82) is 0 Å². The minimum atomic E-state index is -0.280. The van der Waals surface area contributed by atoms with Gasteiger partial charge in [0.15, 0.2) is 11.5 Å². The molecule has 0 saturated heterocycles. The van der Waals surface area contributed by atoms with Gasteiger partial charge in [-0.15, -0.1) is 0 Å². The Morgan fingerprint density at radius 3 is 2.48 bits per heavy atom. The molecule has 0 heterocycles. The van der Waals surface area contributed by atoms with Crippen LogP contribution in [0.2, 0.25) is 0 Å². The van der Waals surface area contributed by atoms with E-state index in [2.05, 4.69) is 30.4 Å². The molecule has 1 N–H and O–H groups in total. The third kappa shape index (κ3) is 5.17. The number of aryl methyl sites for hydroxylation is 1. The number of hydrogen-bond donors (Lipinski definition) is 1. The number of methoxy groups -OCH3 is 1. The molecule has 0 bridgehead atoms. The highest BCUT2D eigenvalue weighted by Gasteiger charge is 2.18. The van der Waals surface area contributed by atoms with Crippen LogP contribution >= 0.6 is 0 Å². The zero-order chi connectivity index (χ0) is 23.2. The van der Waals surface area contributed by atoms with Crippen LogP contribution in [-0.4, -0.2) is 13.0 Å². The van der Waals surface area contributed by atoms with E-state index in [4.69, 9.17) is 9.47 Å². The summed E-state index contributed by atoms with van der Waals surface area (Å²) in [4.78, 5) is 13.0. The third-order valence-electron chi connectivity index (χ3n) is 5.91. The summed E-state index contributed by atoms with van der Waals surface area (Å²) in [6.07, 6.45) is 0.940. The van der Waals surface area contributed by atoms with E-state index in [1.165, 1.54) is 5.56 Å². The Bertz CT molecular complexity index is 1260. The predicted octanol–water partition coefficient (Wildman–Crippen LogP) is 6.73. The van der Waals surface area contributed by atoms with Crippen LogP contribution in [0.3, 0.4) is 0 Å². The van der Waals surface area contributed by atoms with E-state index in [1.807, 2.05) is 73.7 Å². The number of hydrogen-bond acceptors (Lipinski definition) is 3. The van der Waals surface area contributed by atoms with Crippen molar-refractivity contribution in [2.24, 2.45) is 0 Å². The summed E-state index contributed by atoms with van der Waals surface area (Å²) >= 11 is 0. The first-order chi connectivity index (χ1) is 16.1. The molecule has 0 saturated carbocycles. The van der Waals surface area contributed by atoms with Gasteiger partial charge in [-0.05, 0) is 65.1 Å². The first-order valence-electron chi connectivity index (χ1n) is 11.3. The summed E-state index contributed by atoms with van der Waals surface area (Å²) in [5.41, 5.74) is 3.94. The number of fused-ring (bicyclic) bond motifs is 1. The molecule has 0 spiro atoms. The number of carbonyl (C=O) groups is 1. The molecule has 4 aromatic rings. The van der Waals surface area contributed by atoms with E-state index in [-0.39, 0.29) is 11.8 Å². The normalized spacial score (nSPS) is 11.7. The lowest BCUT2D eigenvalue weighted by atomic mass is 9.94. The SMILES string of the molecule is CCc1ccc(OCc2cccc(NC(=O)C(C)c3cccc4ccccc34)c2)c(OC)c1. The van der Waals surface area contributed by atoms with E-state index in [0.717, 1.165) is 39.8 Å². The molecule has 33 heavy (non-hydrogen) atoms. The molecule has 0 aliphatic rings. The first-order valence-corrected chi connectivity index (χ1v) is 11.3. The van der Waals surface area contributed by atoms with Crippen molar-refractivity contribution in [3.05, 3.63) is 102 Å². The lowest BCUT2D eigenvalue weighted by Gasteiger charge is -2.16. The summed E-state index contributed by atoms with van der Waals surface area (Å²) < 4.78 is 11.5. The van der Waals surface area contributed by atoms with Gasteiger partial charge in [0.05, 0.1) is 13.0 Å². The smallest absolute Gasteiger partial charge is 0.231 e. The molecule has 0 radical (unpaired) electrons. The summed E-state index contributed by atoms with van der Waals surface area (Å²) in [5, 5.41) is 5.30. The van der Waals surface area contributed by atoms with Crippen molar-refractivity contribution in [1.82, 2.24) is 0 Å². The van der Waals surface area contributed by atoms with Crippen LogP contribution in [0, 0.1) is 0 Å². The fraction of sp³-hybridized carbons (Fsp3) is 0.207. The molecule has 0 aromatic heterocycles. The van der Waals surface area contributed by atoms with Crippen LogP contribution in [0.4, 0.5) is 5.69 Å². The number of amides is 1. The second kappa shape index (κ2) is 10.2. The van der Waals surface area contributed by atoms with Crippen LogP contribution < -0.4 is 14.8 Å². The van der Waals surface area contributed by atoms with Crippen LogP contribution in [0.1, 0.15) is 36.5 Å². The summed E-state index contributed by atoms with van der Waals surface area (Å²) in [7, 11) is 1.65.